The van der Waals surface area contributed by atoms with Crippen LogP contribution in [0.25, 0.3) is 0 Å². The zero-order chi connectivity index (χ0) is 13.2. The minimum atomic E-state index is 0.0218. The summed E-state index contributed by atoms with van der Waals surface area (Å²) in [6, 6.07) is 13.2. The third-order valence-electron chi connectivity index (χ3n) is 2.91. The molecule has 1 aliphatic rings. The van der Waals surface area contributed by atoms with Crippen LogP contribution in [0.3, 0.4) is 0 Å². The van der Waals surface area contributed by atoms with Gasteiger partial charge in [-0.05, 0) is 29.8 Å². The number of benzene rings is 2. The summed E-state index contributed by atoms with van der Waals surface area (Å²) >= 11 is 3.42. The highest BCUT2D eigenvalue weighted by Crippen LogP contribution is 2.29. The van der Waals surface area contributed by atoms with Crippen LogP contribution in [0.2, 0.25) is 0 Å². The molecule has 19 heavy (non-hydrogen) atoms. The number of carbonyl (C=O) groups is 1. The van der Waals surface area contributed by atoms with Crippen LogP contribution in [0.4, 0.5) is 0 Å². The summed E-state index contributed by atoms with van der Waals surface area (Å²) in [5.41, 5.74) is 1.71. The fraction of sp³-hybridized carbons (Fsp3) is 0.133. The Hall–Kier alpha value is -1.81. The third-order valence-corrected chi connectivity index (χ3v) is 3.40. The minimum absolute atomic E-state index is 0.0218. The van der Waals surface area contributed by atoms with Gasteiger partial charge in [0.05, 0.1) is 5.56 Å². The van der Waals surface area contributed by atoms with Gasteiger partial charge < -0.3 is 9.47 Å². The Morgan fingerprint density at radius 1 is 1.21 bits per heavy atom. The Morgan fingerprint density at radius 3 is 2.95 bits per heavy atom. The van der Waals surface area contributed by atoms with Crippen molar-refractivity contribution in [2.24, 2.45) is 0 Å². The van der Waals surface area contributed by atoms with Crippen LogP contribution in [0, 0.1) is 0 Å². The summed E-state index contributed by atoms with van der Waals surface area (Å²) in [7, 11) is 0. The molecule has 0 bridgehead atoms. The van der Waals surface area contributed by atoms with E-state index in [1.54, 1.807) is 18.2 Å². The molecule has 0 atom stereocenters. The summed E-state index contributed by atoms with van der Waals surface area (Å²) < 4.78 is 12.0. The molecule has 0 saturated heterocycles. The predicted octanol–water partition coefficient (Wildman–Crippen LogP) is 3.60. The fourth-order valence-corrected chi connectivity index (χ4v) is 2.40. The highest BCUT2D eigenvalue weighted by atomic mass is 79.9. The molecule has 96 valence electrons. The summed E-state index contributed by atoms with van der Waals surface area (Å²) in [5, 5.41) is 0. The highest BCUT2D eigenvalue weighted by molar-refractivity contribution is 9.10. The van der Waals surface area contributed by atoms with Gasteiger partial charge in [0.1, 0.15) is 18.1 Å². The molecule has 4 heteroatoms. The van der Waals surface area contributed by atoms with E-state index in [2.05, 4.69) is 15.9 Å². The molecule has 2 aromatic carbocycles. The van der Waals surface area contributed by atoms with Crippen molar-refractivity contribution in [2.45, 2.75) is 6.61 Å². The highest BCUT2D eigenvalue weighted by Gasteiger charge is 2.21. The van der Waals surface area contributed by atoms with E-state index in [1.165, 1.54) is 0 Å². The third kappa shape index (κ3) is 2.63. The molecule has 0 radical (unpaired) electrons. The number of carbonyl (C=O) groups excluding carboxylic acids is 1. The fourth-order valence-electron chi connectivity index (χ4n) is 1.96. The van der Waals surface area contributed by atoms with Crippen LogP contribution in [0.15, 0.2) is 46.9 Å². The van der Waals surface area contributed by atoms with Crippen LogP contribution in [0.1, 0.15) is 15.9 Å². The Labute approximate surface area is 119 Å². The summed E-state index contributed by atoms with van der Waals surface area (Å²) in [6.45, 7) is 0.608. The molecule has 1 heterocycles. The van der Waals surface area contributed by atoms with Crippen LogP contribution in [-0.4, -0.2) is 12.4 Å². The smallest absolute Gasteiger partial charge is 0.203 e. The van der Waals surface area contributed by atoms with Crippen LogP contribution in [0.5, 0.6) is 11.5 Å². The largest absolute Gasteiger partial charge is 0.489 e. The lowest BCUT2D eigenvalue weighted by atomic mass is 10.1. The number of hydrogen-bond acceptors (Lipinski definition) is 3. The van der Waals surface area contributed by atoms with Gasteiger partial charge in [0.15, 0.2) is 6.61 Å². The van der Waals surface area contributed by atoms with Gasteiger partial charge in [0.25, 0.3) is 0 Å². The lowest BCUT2D eigenvalue weighted by molar-refractivity contribution is 0.0961. The number of hydrogen-bond donors (Lipinski definition) is 0. The van der Waals surface area contributed by atoms with Crippen molar-refractivity contribution in [3.63, 3.8) is 0 Å². The number of rotatable bonds is 3. The summed E-state index contributed by atoms with van der Waals surface area (Å²) in [6.07, 6.45) is 0. The zero-order valence-corrected chi connectivity index (χ0v) is 11.6. The number of Topliss-reactive ketones (excluding diaryl/α,β-unsaturated/α-hetero) is 1. The van der Waals surface area contributed by atoms with E-state index in [0.29, 0.717) is 23.7 Å². The van der Waals surface area contributed by atoms with Crippen molar-refractivity contribution in [1.29, 1.82) is 0 Å². The molecule has 3 rings (SSSR count). The molecule has 0 saturated carbocycles. The minimum Gasteiger partial charge on any atom is -0.489 e. The van der Waals surface area contributed by atoms with Gasteiger partial charge >= 0.3 is 0 Å². The van der Waals surface area contributed by atoms with E-state index in [-0.39, 0.29) is 12.4 Å². The van der Waals surface area contributed by atoms with Crippen molar-refractivity contribution < 1.29 is 14.3 Å². The molecular weight excluding hydrogens is 308 g/mol. The quantitative estimate of drug-likeness (QED) is 0.867. The normalized spacial score (nSPS) is 13.0. The second kappa shape index (κ2) is 5.05. The summed E-state index contributed by atoms with van der Waals surface area (Å²) in [5.74, 6) is 1.33. The number of ether oxygens (including phenoxy) is 2. The van der Waals surface area contributed by atoms with E-state index in [9.17, 15) is 4.79 Å². The molecule has 0 fully saturated rings. The molecule has 0 aromatic heterocycles. The maximum Gasteiger partial charge on any atom is 0.203 e. The maximum atomic E-state index is 11.4. The Kier molecular flexibility index (Phi) is 3.25. The van der Waals surface area contributed by atoms with Gasteiger partial charge in [0.2, 0.25) is 5.78 Å². The molecule has 0 amide bonds. The lowest BCUT2D eigenvalue weighted by Crippen LogP contribution is -1.98. The number of ketones is 1. The van der Waals surface area contributed by atoms with E-state index >= 15 is 0 Å². The van der Waals surface area contributed by atoms with Crippen LogP contribution >= 0.6 is 15.9 Å². The van der Waals surface area contributed by atoms with Crippen molar-refractivity contribution in [1.82, 2.24) is 0 Å². The standard InChI is InChI=1S/C15H11BrO3/c16-11-3-1-2-10(6-11)8-18-12-4-5-13-14(17)9-19-15(13)7-12/h1-7H,8-9H2. The van der Waals surface area contributed by atoms with Crippen LogP contribution in [-0.2, 0) is 6.61 Å². The lowest BCUT2D eigenvalue weighted by Gasteiger charge is -2.07. The molecule has 0 aliphatic carbocycles. The molecular formula is C15H11BrO3. The Morgan fingerprint density at radius 2 is 2.11 bits per heavy atom. The number of fused-ring (bicyclic) bond motifs is 1. The molecule has 2 aromatic rings. The van der Waals surface area contributed by atoms with Gasteiger partial charge in [0, 0.05) is 10.5 Å². The molecule has 0 spiro atoms. The number of halogens is 1. The second-order valence-corrected chi connectivity index (χ2v) is 5.20. The zero-order valence-electron chi connectivity index (χ0n) is 10.1. The van der Waals surface area contributed by atoms with Gasteiger partial charge in [-0.25, -0.2) is 0 Å². The first-order chi connectivity index (χ1) is 9.22. The molecule has 3 nitrogen and oxygen atoms in total. The van der Waals surface area contributed by atoms with Gasteiger partial charge in [-0.2, -0.15) is 0 Å². The van der Waals surface area contributed by atoms with Gasteiger partial charge in [-0.3, -0.25) is 4.79 Å². The average molecular weight is 319 g/mol. The van der Waals surface area contributed by atoms with Crippen molar-refractivity contribution in [2.75, 3.05) is 6.61 Å². The molecule has 0 N–H and O–H groups in total. The maximum absolute atomic E-state index is 11.4. The molecule has 0 unspecified atom stereocenters. The SMILES string of the molecule is O=C1COc2cc(OCc3cccc(Br)c3)ccc21. The van der Waals surface area contributed by atoms with E-state index < -0.39 is 0 Å². The topological polar surface area (TPSA) is 35.5 Å². The first kappa shape index (κ1) is 12.2. The first-order valence-electron chi connectivity index (χ1n) is 5.90. The van der Waals surface area contributed by atoms with Crippen LogP contribution < -0.4 is 9.47 Å². The van der Waals surface area contributed by atoms with Crippen molar-refractivity contribution >= 4 is 21.7 Å². The monoisotopic (exact) mass is 318 g/mol. The van der Waals surface area contributed by atoms with E-state index in [1.807, 2.05) is 24.3 Å². The first-order valence-corrected chi connectivity index (χ1v) is 6.69. The summed E-state index contributed by atoms with van der Waals surface area (Å²) in [4.78, 5) is 11.4. The Balaban J connectivity index is 1.73. The Bertz CT molecular complexity index is 637. The van der Waals surface area contributed by atoms with Crippen molar-refractivity contribution in [3.8, 4) is 11.5 Å². The van der Waals surface area contributed by atoms with Crippen molar-refractivity contribution in [3.05, 3.63) is 58.1 Å². The average Bonchev–Trinajstić information content (AvgIpc) is 2.78. The van der Waals surface area contributed by atoms with E-state index in [4.69, 9.17) is 9.47 Å². The molecule has 1 aliphatic heterocycles. The van der Waals surface area contributed by atoms with E-state index in [0.717, 1.165) is 10.0 Å². The second-order valence-electron chi connectivity index (χ2n) is 4.29. The van der Waals surface area contributed by atoms with Gasteiger partial charge in [-0.1, -0.05) is 28.1 Å². The van der Waals surface area contributed by atoms with Gasteiger partial charge in [-0.15, -0.1) is 0 Å². The predicted molar refractivity (Wildman–Crippen MR) is 74.7 cm³/mol.